The standard InChI is InChI=1S/C21H31ClSi/c1-15(2)23(16(3)4,17(5)6)12-11-18-7-8-20(14-22)21(13-18)19-9-10-19/h7-8,13,15-17,19H,9-10,14H2,1-6H3. The van der Waals surface area contributed by atoms with E-state index >= 15 is 0 Å². The van der Waals surface area contributed by atoms with E-state index in [1.807, 2.05) is 0 Å². The van der Waals surface area contributed by atoms with Gasteiger partial charge in [-0.1, -0.05) is 53.5 Å². The molecule has 0 radical (unpaired) electrons. The average molecular weight is 347 g/mol. The average Bonchev–Trinajstić information content (AvgIpc) is 3.31. The van der Waals surface area contributed by atoms with Crippen molar-refractivity contribution in [1.82, 2.24) is 0 Å². The predicted octanol–water partition coefficient (Wildman–Crippen LogP) is 6.87. The van der Waals surface area contributed by atoms with Gasteiger partial charge in [0.15, 0.2) is 0 Å². The summed E-state index contributed by atoms with van der Waals surface area (Å²) in [4.78, 5) is 0. The number of rotatable bonds is 5. The van der Waals surface area contributed by atoms with E-state index in [2.05, 4.69) is 71.2 Å². The Balaban J connectivity index is 2.41. The molecular formula is C21H31ClSi. The van der Waals surface area contributed by atoms with Gasteiger partial charge < -0.3 is 0 Å². The first-order chi connectivity index (χ1) is 10.8. The van der Waals surface area contributed by atoms with Gasteiger partial charge in [0.2, 0.25) is 0 Å². The van der Waals surface area contributed by atoms with Crippen molar-refractivity contribution in [1.29, 1.82) is 0 Å². The second kappa shape index (κ2) is 7.45. The molecule has 0 spiro atoms. The van der Waals surface area contributed by atoms with Gasteiger partial charge in [-0.3, -0.25) is 0 Å². The van der Waals surface area contributed by atoms with Crippen LogP contribution < -0.4 is 0 Å². The van der Waals surface area contributed by atoms with E-state index in [-0.39, 0.29) is 0 Å². The smallest absolute Gasteiger partial charge is 0.125 e. The SMILES string of the molecule is CC(C)[Si](C#Cc1ccc(CCl)c(C2CC2)c1)(C(C)C)C(C)C. The van der Waals surface area contributed by atoms with Gasteiger partial charge in [-0.05, 0) is 58.6 Å². The molecule has 0 atom stereocenters. The summed E-state index contributed by atoms with van der Waals surface area (Å²) in [5.74, 6) is 4.92. The molecule has 0 amide bonds. The summed E-state index contributed by atoms with van der Waals surface area (Å²) in [6.45, 7) is 14.2. The Morgan fingerprint density at radius 3 is 2.04 bits per heavy atom. The van der Waals surface area contributed by atoms with Crippen molar-refractivity contribution < 1.29 is 0 Å². The Morgan fingerprint density at radius 2 is 1.61 bits per heavy atom. The molecule has 0 N–H and O–H groups in total. The van der Waals surface area contributed by atoms with Crippen LogP contribution in [0.3, 0.4) is 0 Å². The minimum atomic E-state index is -1.65. The van der Waals surface area contributed by atoms with Gasteiger partial charge in [-0.25, -0.2) is 0 Å². The molecular weight excluding hydrogens is 316 g/mol. The lowest BCUT2D eigenvalue weighted by Crippen LogP contribution is -2.43. The Labute approximate surface area is 149 Å². The zero-order valence-corrected chi connectivity index (χ0v) is 17.3. The van der Waals surface area contributed by atoms with Crippen LogP contribution in [0.25, 0.3) is 0 Å². The molecule has 0 bridgehead atoms. The number of alkyl halides is 1. The highest BCUT2D eigenvalue weighted by molar-refractivity contribution is 6.90. The lowest BCUT2D eigenvalue weighted by molar-refractivity contribution is 0.838. The fraction of sp³-hybridized carbons (Fsp3) is 0.619. The highest BCUT2D eigenvalue weighted by Crippen LogP contribution is 2.43. The van der Waals surface area contributed by atoms with Gasteiger partial charge in [0.1, 0.15) is 8.07 Å². The molecule has 0 nitrogen and oxygen atoms in total. The topological polar surface area (TPSA) is 0 Å². The van der Waals surface area contributed by atoms with Crippen molar-refractivity contribution >= 4 is 19.7 Å². The molecule has 1 fully saturated rings. The predicted molar refractivity (Wildman–Crippen MR) is 106 cm³/mol. The lowest BCUT2D eigenvalue weighted by atomic mass is 10.0. The van der Waals surface area contributed by atoms with E-state index in [0.29, 0.717) is 22.5 Å². The molecule has 1 aliphatic carbocycles. The Morgan fingerprint density at radius 1 is 1.04 bits per heavy atom. The summed E-state index contributed by atoms with van der Waals surface area (Å²) in [5.41, 5.74) is 9.78. The molecule has 2 heteroatoms. The van der Waals surface area contributed by atoms with Crippen LogP contribution in [0.15, 0.2) is 18.2 Å². The van der Waals surface area contributed by atoms with E-state index in [1.54, 1.807) is 0 Å². The molecule has 0 saturated heterocycles. The van der Waals surface area contributed by atoms with Crippen molar-refractivity contribution in [2.75, 3.05) is 0 Å². The summed E-state index contributed by atoms with van der Waals surface area (Å²) >= 11 is 6.10. The third-order valence-corrected chi connectivity index (χ3v) is 12.2. The van der Waals surface area contributed by atoms with Crippen LogP contribution in [0, 0.1) is 11.5 Å². The van der Waals surface area contributed by atoms with Crippen molar-refractivity contribution in [3.63, 3.8) is 0 Å². The molecule has 1 saturated carbocycles. The third kappa shape index (κ3) is 3.86. The van der Waals surface area contributed by atoms with Crippen LogP contribution in [-0.4, -0.2) is 8.07 Å². The van der Waals surface area contributed by atoms with E-state index in [9.17, 15) is 0 Å². The highest BCUT2D eigenvalue weighted by Gasteiger charge is 2.41. The summed E-state index contributed by atoms with van der Waals surface area (Å²) in [7, 11) is -1.65. The molecule has 0 aromatic heterocycles. The van der Waals surface area contributed by atoms with Gasteiger partial charge in [-0.15, -0.1) is 17.1 Å². The van der Waals surface area contributed by atoms with E-state index < -0.39 is 8.07 Å². The fourth-order valence-electron chi connectivity index (χ4n) is 4.18. The van der Waals surface area contributed by atoms with E-state index in [4.69, 9.17) is 11.6 Å². The minimum absolute atomic E-state index is 0.613. The first kappa shape index (κ1) is 18.6. The maximum Gasteiger partial charge on any atom is 0.146 e. The quantitative estimate of drug-likeness (QED) is 0.310. The highest BCUT2D eigenvalue weighted by atomic mass is 35.5. The molecule has 2 rings (SSSR count). The number of hydrogen-bond acceptors (Lipinski definition) is 0. The zero-order chi connectivity index (χ0) is 17.2. The monoisotopic (exact) mass is 346 g/mol. The molecule has 1 aliphatic rings. The van der Waals surface area contributed by atoms with Crippen LogP contribution in [0.5, 0.6) is 0 Å². The summed E-state index contributed by atoms with van der Waals surface area (Å²) in [6.07, 6.45) is 2.62. The molecule has 23 heavy (non-hydrogen) atoms. The summed E-state index contributed by atoms with van der Waals surface area (Å²) in [6, 6.07) is 6.66. The van der Waals surface area contributed by atoms with Crippen LogP contribution in [0.4, 0.5) is 0 Å². The molecule has 0 unspecified atom stereocenters. The Hall–Kier alpha value is -0.713. The van der Waals surface area contributed by atoms with Crippen LogP contribution in [0.2, 0.25) is 16.6 Å². The summed E-state index contributed by atoms with van der Waals surface area (Å²) in [5, 5.41) is 0. The van der Waals surface area contributed by atoms with Crippen molar-refractivity contribution in [3.05, 3.63) is 34.9 Å². The Kier molecular flexibility index (Phi) is 6.03. The lowest BCUT2D eigenvalue weighted by Gasteiger charge is -2.38. The van der Waals surface area contributed by atoms with Gasteiger partial charge >= 0.3 is 0 Å². The van der Waals surface area contributed by atoms with Crippen LogP contribution in [-0.2, 0) is 5.88 Å². The molecule has 1 aromatic carbocycles. The second-order valence-corrected chi connectivity index (χ2v) is 13.8. The maximum atomic E-state index is 6.10. The number of benzene rings is 1. The first-order valence-corrected chi connectivity index (χ1v) is 11.8. The van der Waals surface area contributed by atoms with Gasteiger partial charge in [0.05, 0.1) is 0 Å². The third-order valence-electron chi connectivity index (χ3n) is 5.60. The van der Waals surface area contributed by atoms with Gasteiger partial charge in [0.25, 0.3) is 0 Å². The van der Waals surface area contributed by atoms with E-state index in [1.165, 1.54) is 29.5 Å². The zero-order valence-electron chi connectivity index (χ0n) is 15.5. The van der Waals surface area contributed by atoms with Gasteiger partial charge in [0, 0.05) is 11.4 Å². The van der Waals surface area contributed by atoms with Gasteiger partial charge in [-0.2, -0.15) is 0 Å². The maximum absolute atomic E-state index is 6.10. The van der Waals surface area contributed by atoms with Crippen molar-refractivity contribution in [2.45, 2.75) is 82.8 Å². The van der Waals surface area contributed by atoms with Crippen LogP contribution >= 0.6 is 11.6 Å². The summed E-state index contributed by atoms with van der Waals surface area (Å²) < 4.78 is 0. The normalized spacial score (nSPS) is 15.2. The largest absolute Gasteiger partial charge is 0.146 e. The molecule has 1 aromatic rings. The Bertz CT molecular complexity index is 578. The first-order valence-electron chi connectivity index (χ1n) is 9.04. The molecule has 0 heterocycles. The second-order valence-electron chi connectivity index (χ2n) is 7.97. The fourth-order valence-corrected chi connectivity index (χ4v) is 9.65. The minimum Gasteiger partial charge on any atom is -0.125 e. The van der Waals surface area contributed by atoms with E-state index in [0.717, 1.165) is 5.92 Å². The number of hydrogen-bond donors (Lipinski definition) is 0. The van der Waals surface area contributed by atoms with Crippen LogP contribution in [0.1, 0.15) is 77.0 Å². The van der Waals surface area contributed by atoms with Crippen molar-refractivity contribution in [3.8, 4) is 11.5 Å². The molecule has 0 aliphatic heterocycles. The molecule has 126 valence electrons. The van der Waals surface area contributed by atoms with Crippen molar-refractivity contribution in [2.24, 2.45) is 0 Å². The number of halogens is 1.